The summed E-state index contributed by atoms with van der Waals surface area (Å²) in [5, 5.41) is 0. The lowest BCUT2D eigenvalue weighted by Gasteiger charge is -2.17. The molecule has 0 radical (unpaired) electrons. The van der Waals surface area contributed by atoms with Crippen LogP contribution in [0.2, 0.25) is 0 Å². The minimum atomic E-state index is -0.128. The number of rotatable bonds is 1. The van der Waals surface area contributed by atoms with Crippen LogP contribution in [-0.2, 0) is 9.53 Å². The van der Waals surface area contributed by atoms with Crippen molar-refractivity contribution in [2.75, 3.05) is 7.11 Å². The highest BCUT2D eigenvalue weighted by Gasteiger charge is 2.43. The Bertz CT molecular complexity index is 265. The summed E-state index contributed by atoms with van der Waals surface area (Å²) in [5.41, 5.74) is 1.04. The van der Waals surface area contributed by atoms with E-state index < -0.39 is 0 Å². The van der Waals surface area contributed by atoms with Gasteiger partial charge in [0, 0.05) is 0 Å². The van der Waals surface area contributed by atoms with Gasteiger partial charge in [-0.05, 0) is 18.3 Å². The topological polar surface area (TPSA) is 26.3 Å². The quantitative estimate of drug-likeness (QED) is 0.434. The second kappa shape index (κ2) is 2.47. The average molecular weight is 164 g/mol. The first-order chi connectivity index (χ1) is 5.74. The molecular weight excluding hydrogens is 152 g/mol. The van der Waals surface area contributed by atoms with Gasteiger partial charge in [0.25, 0.3) is 0 Å². The molecule has 0 aliphatic heterocycles. The van der Waals surface area contributed by atoms with E-state index >= 15 is 0 Å². The van der Waals surface area contributed by atoms with Crippen molar-refractivity contribution in [1.82, 2.24) is 0 Å². The molecule has 0 aromatic rings. The zero-order valence-corrected chi connectivity index (χ0v) is 7.12. The van der Waals surface area contributed by atoms with Crippen molar-refractivity contribution in [1.29, 1.82) is 0 Å². The number of fused-ring (bicyclic) bond motifs is 2. The van der Waals surface area contributed by atoms with Crippen molar-refractivity contribution in [3.63, 3.8) is 0 Å². The summed E-state index contributed by atoms with van der Waals surface area (Å²) in [6.07, 6.45) is 5.31. The molecule has 0 amide bonds. The first-order valence-corrected chi connectivity index (χ1v) is 4.19. The normalized spacial score (nSPS) is 37.4. The summed E-state index contributed by atoms with van der Waals surface area (Å²) < 4.78 is 4.72. The van der Waals surface area contributed by atoms with Crippen LogP contribution in [0.25, 0.3) is 0 Å². The van der Waals surface area contributed by atoms with Crippen LogP contribution in [0.3, 0.4) is 0 Å². The monoisotopic (exact) mass is 164 g/mol. The van der Waals surface area contributed by atoms with Crippen molar-refractivity contribution in [2.24, 2.45) is 17.8 Å². The van der Waals surface area contributed by atoms with E-state index in [4.69, 9.17) is 4.74 Å². The average Bonchev–Trinajstić information content (AvgIpc) is 2.63. The molecule has 0 N–H and O–H groups in total. The Morgan fingerprint density at radius 1 is 1.67 bits per heavy atom. The van der Waals surface area contributed by atoms with Crippen molar-refractivity contribution < 1.29 is 9.53 Å². The van der Waals surface area contributed by atoms with Gasteiger partial charge in [0.05, 0.1) is 13.0 Å². The van der Waals surface area contributed by atoms with Crippen LogP contribution in [0, 0.1) is 17.8 Å². The van der Waals surface area contributed by atoms with E-state index in [1.54, 1.807) is 0 Å². The minimum absolute atomic E-state index is 0.0648. The van der Waals surface area contributed by atoms with E-state index in [9.17, 15) is 4.79 Å². The summed E-state index contributed by atoms with van der Waals surface area (Å²) >= 11 is 0. The first kappa shape index (κ1) is 7.59. The molecule has 0 saturated heterocycles. The van der Waals surface area contributed by atoms with Gasteiger partial charge in [0.15, 0.2) is 0 Å². The Kier molecular flexibility index (Phi) is 1.56. The summed E-state index contributed by atoms with van der Waals surface area (Å²) in [5.74, 6) is 0.593. The number of esters is 1. The molecule has 64 valence electrons. The number of carbonyl (C=O) groups excluding carboxylic acids is 1. The predicted octanol–water partition coefficient (Wildman–Crippen LogP) is 1.54. The predicted molar refractivity (Wildman–Crippen MR) is 45.4 cm³/mol. The van der Waals surface area contributed by atoms with E-state index in [0.29, 0.717) is 11.8 Å². The zero-order valence-electron chi connectivity index (χ0n) is 7.12. The van der Waals surface area contributed by atoms with E-state index in [1.165, 1.54) is 7.11 Å². The second-order valence-electron chi connectivity index (χ2n) is 3.47. The molecule has 2 aliphatic rings. The molecule has 2 bridgehead atoms. The van der Waals surface area contributed by atoms with Gasteiger partial charge in [0.1, 0.15) is 0 Å². The van der Waals surface area contributed by atoms with E-state index in [0.717, 1.165) is 12.0 Å². The van der Waals surface area contributed by atoms with Gasteiger partial charge in [0.2, 0.25) is 0 Å². The van der Waals surface area contributed by atoms with Crippen LogP contribution in [0.5, 0.6) is 0 Å². The molecular formula is C10H12O2. The SMILES string of the molecule is C=C1C2C=C[C@@H](C2)[C@@H]1C(=O)OC. The second-order valence-corrected chi connectivity index (χ2v) is 3.47. The number of carbonyl (C=O) groups is 1. The van der Waals surface area contributed by atoms with E-state index in [1.807, 2.05) is 0 Å². The molecule has 0 spiro atoms. The summed E-state index contributed by atoms with van der Waals surface area (Å²) in [6, 6.07) is 0. The molecule has 3 atom stereocenters. The highest BCUT2D eigenvalue weighted by Crippen LogP contribution is 2.46. The van der Waals surface area contributed by atoms with E-state index in [-0.39, 0.29) is 11.9 Å². The number of hydrogen-bond donors (Lipinski definition) is 0. The fourth-order valence-electron chi connectivity index (χ4n) is 2.21. The van der Waals surface area contributed by atoms with Crippen LogP contribution in [0.15, 0.2) is 24.3 Å². The largest absolute Gasteiger partial charge is 0.469 e. The summed E-state index contributed by atoms with van der Waals surface area (Å²) in [6.45, 7) is 3.94. The van der Waals surface area contributed by atoms with Gasteiger partial charge >= 0.3 is 5.97 Å². The molecule has 1 fully saturated rings. The highest BCUT2D eigenvalue weighted by atomic mass is 16.5. The van der Waals surface area contributed by atoms with Gasteiger partial charge in [-0.15, -0.1) is 0 Å². The van der Waals surface area contributed by atoms with Gasteiger partial charge in [-0.1, -0.05) is 24.3 Å². The Morgan fingerprint density at radius 3 is 2.92 bits per heavy atom. The van der Waals surface area contributed by atoms with Gasteiger partial charge < -0.3 is 4.74 Å². The van der Waals surface area contributed by atoms with Gasteiger partial charge in [-0.25, -0.2) is 0 Å². The Balaban J connectivity index is 2.23. The van der Waals surface area contributed by atoms with Crippen LogP contribution in [0.1, 0.15) is 6.42 Å². The van der Waals surface area contributed by atoms with Crippen LogP contribution in [0.4, 0.5) is 0 Å². The molecule has 2 heteroatoms. The molecule has 2 rings (SSSR count). The number of ether oxygens (including phenoxy) is 1. The van der Waals surface area contributed by atoms with Crippen molar-refractivity contribution in [2.45, 2.75) is 6.42 Å². The molecule has 0 heterocycles. The smallest absolute Gasteiger partial charge is 0.313 e. The molecule has 1 saturated carbocycles. The lowest BCUT2D eigenvalue weighted by Crippen LogP contribution is -2.21. The van der Waals surface area contributed by atoms with Gasteiger partial charge in [-0.3, -0.25) is 4.79 Å². The lowest BCUT2D eigenvalue weighted by atomic mass is 9.90. The third kappa shape index (κ3) is 0.840. The maximum Gasteiger partial charge on any atom is 0.313 e. The molecule has 1 unspecified atom stereocenters. The van der Waals surface area contributed by atoms with Crippen molar-refractivity contribution in [3.05, 3.63) is 24.3 Å². The van der Waals surface area contributed by atoms with Crippen molar-refractivity contribution >= 4 is 5.97 Å². The number of allylic oxidation sites excluding steroid dienone is 2. The van der Waals surface area contributed by atoms with Crippen LogP contribution in [-0.4, -0.2) is 13.1 Å². The Hall–Kier alpha value is -1.05. The fourth-order valence-corrected chi connectivity index (χ4v) is 2.21. The molecule has 12 heavy (non-hydrogen) atoms. The first-order valence-electron chi connectivity index (χ1n) is 4.19. The summed E-state index contributed by atoms with van der Waals surface area (Å²) in [7, 11) is 1.44. The number of methoxy groups -OCH3 is 1. The Morgan fingerprint density at radius 2 is 2.42 bits per heavy atom. The third-order valence-corrected chi connectivity index (χ3v) is 2.88. The highest BCUT2D eigenvalue weighted by molar-refractivity contribution is 5.78. The maximum absolute atomic E-state index is 11.3. The zero-order chi connectivity index (χ0) is 8.72. The molecule has 2 nitrogen and oxygen atoms in total. The van der Waals surface area contributed by atoms with E-state index in [2.05, 4.69) is 18.7 Å². The number of hydrogen-bond acceptors (Lipinski definition) is 2. The molecule has 0 aromatic heterocycles. The fraction of sp³-hybridized carbons (Fsp3) is 0.500. The van der Waals surface area contributed by atoms with Crippen LogP contribution >= 0.6 is 0 Å². The van der Waals surface area contributed by atoms with Crippen LogP contribution < -0.4 is 0 Å². The molecule has 0 aromatic carbocycles. The lowest BCUT2D eigenvalue weighted by molar-refractivity contribution is -0.144. The standard InChI is InChI=1S/C10H12O2/c1-6-7-3-4-8(5-7)9(6)10(11)12-2/h3-4,7-9H,1,5H2,2H3/t7?,8-,9+/m0/s1. The van der Waals surface area contributed by atoms with Gasteiger partial charge in [-0.2, -0.15) is 0 Å². The maximum atomic E-state index is 11.3. The summed E-state index contributed by atoms with van der Waals surface area (Å²) in [4.78, 5) is 11.3. The Labute approximate surface area is 71.9 Å². The minimum Gasteiger partial charge on any atom is -0.469 e. The van der Waals surface area contributed by atoms with Crippen molar-refractivity contribution in [3.8, 4) is 0 Å². The molecule has 2 aliphatic carbocycles. The third-order valence-electron chi connectivity index (χ3n) is 2.88.